The van der Waals surface area contributed by atoms with Crippen LogP contribution in [0.3, 0.4) is 0 Å². The van der Waals surface area contributed by atoms with Gasteiger partial charge in [-0.05, 0) is 69.0 Å². The molecule has 3 saturated heterocycles. The van der Waals surface area contributed by atoms with E-state index in [-0.39, 0.29) is 35.8 Å². The molecule has 1 amide bonds. The molecule has 5 fully saturated rings. The van der Waals surface area contributed by atoms with Gasteiger partial charge in [0.15, 0.2) is 24.0 Å². The Hall–Kier alpha value is -1.83. The Morgan fingerprint density at radius 3 is 2.91 bits per heavy atom. The maximum atomic E-state index is 14.0. The number of carbonyl (C=O) groups is 1. The van der Waals surface area contributed by atoms with Gasteiger partial charge in [-0.15, -0.1) is 0 Å². The lowest BCUT2D eigenvalue weighted by Gasteiger charge is -2.67. The number of hydrogen-bond acceptors (Lipinski definition) is 6. The molecule has 182 valence electrons. The number of hydrogen-bond donors (Lipinski definition) is 1. The molecular weight excluding hydrogens is 432 g/mol. The second-order valence-electron chi connectivity index (χ2n) is 11.8. The summed E-state index contributed by atoms with van der Waals surface area (Å²) in [4.78, 5) is 18.7. The summed E-state index contributed by atoms with van der Waals surface area (Å²) in [5.74, 6) is 1.59. The predicted octanol–water partition coefficient (Wildman–Crippen LogP) is 2.92. The maximum Gasteiger partial charge on any atom is 0.254 e. The number of amides is 1. The predicted molar refractivity (Wildman–Crippen MR) is 122 cm³/mol. The zero-order valence-corrected chi connectivity index (χ0v) is 19.9. The summed E-state index contributed by atoms with van der Waals surface area (Å²) in [6, 6.07) is 4.13. The molecule has 8 rings (SSSR count). The zero-order valence-electron chi connectivity index (χ0n) is 19.9. The van der Waals surface area contributed by atoms with Gasteiger partial charge in [0.2, 0.25) is 0 Å². The molecule has 34 heavy (non-hydrogen) atoms. The standard InChI is InChI=1S/C27H34N2O5/c1-2-3-11-29-24(31)22-23-25-10-12-28(14-16-4-5-16)19-13-17-6-7-18(30)21(20(17)25)32-15-33-27(23,29)9-8-26(19,25)34-22/h6-7,16,19,22-23,30H,2-5,8-15H2,1H3/t19-,22+,23?,25+,26-,27?/m1/s1. The normalized spacial score (nSPS) is 43.5. The molecule has 2 saturated carbocycles. The van der Waals surface area contributed by atoms with Crippen molar-refractivity contribution in [1.82, 2.24) is 9.80 Å². The van der Waals surface area contributed by atoms with Gasteiger partial charge in [0.05, 0.1) is 11.5 Å². The Kier molecular flexibility index (Phi) is 3.88. The highest BCUT2D eigenvalue weighted by Gasteiger charge is 2.84. The van der Waals surface area contributed by atoms with Gasteiger partial charge < -0.3 is 24.2 Å². The summed E-state index contributed by atoms with van der Waals surface area (Å²) in [5.41, 5.74) is 0.901. The van der Waals surface area contributed by atoms with Gasteiger partial charge in [0, 0.05) is 30.1 Å². The minimum Gasteiger partial charge on any atom is -0.504 e. The van der Waals surface area contributed by atoms with E-state index in [2.05, 4.69) is 17.9 Å². The fourth-order valence-corrected chi connectivity index (χ4v) is 9.17. The van der Waals surface area contributed by atoms with Crippen LogP contribution in [0.25, 0.3) is 0 Å². The molecule has 1 spiro atoms. The van der Waals surface area contributed by atoms with Crippen molar-refractivity contribution in [3.63, 3.8) is 0 Å². The van der Waals surface area contributed by atoms with Crippen LogP contribution in [-0.4, -0.2) is 70.7 Å². The quantitative estimate of drug-likeness (QED) is 0.720. The lowest BCUT2D eigenvalue weighted by Crippen LogP contribution is -2.77. The number of carbonyl (C=O) groups excluding carboxylic acids is 1. The second kappa shape index (κ2) is 6.48. The van der Waals surface area contributed by atoms with E-state index < -0.39 is 17.4 Å². The Morgan fingerprint density at radius 1 is 1.21 bits per heavy atom. The molecule has 4 heterocycles. The van der Waals surface area contributed by atoms with Crippen molar-refractivity contribution < 1.29 is 24.1 Å². The fraction of sp³-hybridized carbons (Fsp3) is 0.741. The van der Waals surface area contributed by atoms with Crippen molar-refractivity contribution in [3.8, 4) is 11.5 Å². The second-order valence-corrected chi connectivity index (χ2v) is 11.8. The molecule has 7 heteroatoms. The van der Waals surface area contributed by atoms with Crippen molar-refractivity contribution in [2.24, 2.45) is 11.8 Å². The smallest absolute Gasteiger partial charge is 0.254 e. The third-order valence-electron chi connectivity index (χ3n) is 10.5. The molecule has 6 atom stereocenters. The minimum absolute atomic E-state index is 0.0451. The van der Waals surface area contributed by atoms with Crippen LogP contribution < -0.4 is 4.74 Å². The number of aromatic hydroxyl groups is 1. The average Bonchev–Trinajstić information content (AvgIpc) is 3.56. The van der Waals surface area contributed by atoms with E-state index in [4.69, 9.17) is 14.2 Å². The SMILES string of the molecule is CCCCN1C(=O)[C@H]2O[C@@]34CCC15OCOc1c(O)ccc6c1[C@@]3(CCN(CC1CC1)[C@@H]4C6)C25. The number of ether oxygens (including phenoxy) is 3. The van der Waals surface area contributed by atoms with Gasteiger partial charge in [-0.25, -0.2) is 0 Å². The van der Waals surface area contributed by atoms with Gasteiger partial charge in [0.1, 0.15) is 6.10 Å². The van der Waals surface area contributed by atoms with Crippen molar-refractivity contribution in [1.29, 1.82) is 0 Å². The van der Waals surface area contributed by atoms with Gasteiger partial charge in [0.25, 0.3) is 5.91 Å². The van der Waals surface area contributed by atoms with E-state index in [1.165, 1.54) is 18.4 Å². The van der Waals surface area contributed by atoms with Crippen LogP contribution in [-0.2, 0) is 26.1 Å². The van der Waals surface area contributed by atoms with Gasteiger partial charge in [-0.1, -0.05) is 19.4 Å². The minimum atomic E-state index is -0.683. The third-order valence-corrected chi connectivity index (χ3v) is 10.5. The van der Waals surface area contributed by atoms with Gasteiger partial charge in [-0.3, -0.25) is 9.69 Å². The third kappa shape index (κ3) is 2.12. The number of nitrogens with zero attached hydrogens (tertiary/aromatic N) is 2. The summed E-state index contributed by atoms with van der Waals surface area (Å²) in [7, 11) is 0. The molecule has 7 nitrogen and oxygen atoms in total. The largest absolute Gasteiger partial charge is 0.504 e. The first-order valence-corrected chi connectivity index (χ1v) is 13.4. The molecule has 3 aliphatic carbocycles. The highest BCUT2D eigenvalue weighted by atomic mass is 16.7. The lowest BCUT2D eigenvalue weighted by atomic mass is 9.45. The lowest BCUT2D eigenvalue weighted by molar-refractivity contribution is -0.258. The molecular formula is C27H34N2O5. The number of rotatable bonds is 5. The number of likely N-dealkylation sites (tertiary alicyclic amines) is 2. The van der Waals surface area contributed by atoms with Crippen molar-refractivity contribution in [2.45, 2.75) is 87.2 Å². The molecule has 1 aromatic carbocycles. The van der Waals surface area contributed by atoms with E-state index in [1.807, 2.05) is 4.90 Å². The summed E-state index contributed by atoms with van der Waals surface area (Å²) in [6.07, 6.45) is 7.67. The Morgan fingerprint density at radius 2 is 2.09 bits per heavy atom. The monoisotopic (exact) mass is 466 g/mol. The first kappa shape index (κ1) is 20.4. The van der Waals surface area contributed by atoms with Crippen LogP contribution in [0, 0.1) is 11.8 Å². The van der Waals surface area contributed by atoms with Crippen LogP contribution in [0.4, 0.5) is 0 Å². The summed E-state index contributed by atoms with van der Waals surface area (Å²) in [6.45, 7) is 5.05. The van der Waals surface area contributed by atoms with Crippen LogP contribution in [0.15, 0.2) is 12.1 Å². The topological polar surface area (TPSA) is 71.5 Å². The molecule has 7 aliphatic rings. The highest BCUT2D eigenvalue weighted by molar-refractivity contribution is 5.87. The molecule has 2 unspecified atom stereocenters. The Bertz CT molecular complexity index is 1090. The summed E-state index contributed by atoms with van der Waals surface area (Å²) >= 11 is 0. The molecule has 5 bridgehead atoms. The van der Waals surface area contributed by atoms with Crippen LogP contribution in [0.5, 0.6) is 11.5 Å². The van der Waals surface area contributed by atoms with E-state index >= 15 is 0 Å². The first-order valence-electron chi connectivity index (χ1n) is 13.4. The van der Waals surface area contributed by atoms with Crippen molar-refractivity contribution >= 4 is 5.91 Å². The zero-order chi connectivity index (χ0) is 22.9. The maximum absolute atomic E-state index is 14.0. The Labute approximate surface area is 200 Å². The molecule has 4 aliphatic heterocycles. The average molecular weight is 467 g/mol. The molecule has 0 aromatic heterocycles. The summed E-state index contributed by atoms with van der Waals surface area (Å²) in [5, 5.41) is 10.9. The van der Waals surface area contributed by atoms with Crippen LogP contribution >= 0.6 is 0 Å². The van der Waals surface area contributed by atoms with Crippen LogP contribution in [0.2, 0.25) is 0 Å². The highest BCUT2D eigenvalue weighted by Crippen LogP contribution is 2.74. The van der Waals surface area contributed by atoms with E-state index in [0.29, 0.717) is 12.3 Å². The van der Waals surface area contributed by atoms with Crippen molar-refractivity contribution in [3.05, 3.63) is 23.3 Å². The van der Waals surface area contributed by atoms with Gasteiger partial charge >= 0.3 is 0 Å². The molecule has 1 aromatic rings. The van der Waals surface area contributed by atoms with Crippen molar-refractivity contribution in [2.75, 3.05) is 26.4 Å². The number of phenols is 1. The van der Waals surface area contributed by atoms with Gasteiger partial charge in [-0.2, -0.15) is 0 Å². The molecule has 0 radical (unpaired) electrons. The van der Waals surface area contributed by atoms with E-state index in [0.717, 1.165) is 63.1 Å². The molecule has 1 N–H and O–H groups in total. The first-order chi connectivity index (χ1) is 16.6. The number of unbranched alkanes of at least 4 members (excludes halogenated alkanes) is 1. The van der Waals surface area contributed by atoms with Crippen LogP contribution in [0.1, 0.15) is 63.0 Å². The van der Waals surface area contributed by atoms with E-state index in [1.54, 1.807) is 6.07 Å². The Balaban J connectivity index is 1.38. The fourth-order valence-electron chi connectivity index (χ4n) is 9.17. The number of phenolic OH excluding ortho intramolecular Hbond substituents is 1. The van der Waals surface area contributed by atoms with E-state index in [9.17, 15) is 9.90 Å². The number of piperidine rings is 1. The summed E-state index contributed by atoms with van der Waals surface area (Å²) < 4.78 is 20.0. The number of benzene rings is 1.